The number of esters is 5. The monoisotopic (exact) mass is 628 g/mol. The van der Waals surface area contributed by atoms with Crippen LogP contribution in [0.25, 0.3) is 0 Å². The maximum atomic E-state index is 13.0. The van der Waals surface area contributed by atoms with Gasteiger partial charge in [0.05, 0.1) is 16.7 Å². The predicted molar refractivity (Wildman–Crippen MR) is 150 cm³/mol. The molecule has 0 aromatic rings. The van der Waals surface area contributed by atoms with E-state index < -0.39 is 94.2 Å². The van der Waals surface area contributed by atoms with Crippen LogP contribution in [0.1, 0.15) is 67.7 Å². The van der Waals surface area contributed by atoms with Crippen LogP contribution < -0.4 is 0 Å². The smallest absolute Gasteiger partial charge is 0.312 e. The Morgan fingerprint density at radius 2 is 1.60 bits per heavy atom. The van der Waals surface area contributed by atoms with Crippen molar-refractivity contribution in [1.29, 1.82) is 0 Å². The molecule has 0 amide bonds. The third-order valence-electron chi connectivity index (χ3n) is 8.92. The van der Waals surface area contributed by atoms with E-state index in [2.05, 4.69) is 6.58 Å². The molecule has 43 heavy (non-hydrogen) atoms. The first-order valence-corrected chi connectivity index (χ1v) is 14.6. The molecule has 0 radical (unpaired) electrons. The molecule has 11 atom stereocenters. The second-order valence-corrected chi connectivity index (χ2v) is 12.5. The van der Waals surface area contributed by atoms with Gasteiger partial charge in [-0.05, 0) is 31.9 Å². The van der Waals surface area contributed by atoms with Crippen LogP contribution in [-0.2, 0) is 47.7 Å². The number of halogens is 1. The van der Waals surface area contributed by atoms with Crippen molar-refractivity contribution in [2.75, 3.05) is 0 Å². The summed E-state index contributed by atoms with van der Waals surface area (Å²) >= 11 is 6.72. The molecule has 3 aliphatic rings. The van der Waals surface area contributed by atoms with Crippen LogP contribution in [0.15, 0.2) is 24.3 Å². The predicted octanol–water partition coefficient (Wildman–Crippen LogP) is 2.30. The number of hydrogen-bond donors (Lipinski definition) is 2. The Morgan fingerprint density at radius 1 is 1.02 bits per heavy atom. The largest absolute Gasteiger partial charge is 0.462 e. The quantitative estimate of drug-likeness (QED) is 0.250. The van der Waals surface area contributed by atoms with E-state index in [0.717, 1.165) is 20.8 Å². The molecule has 3 rings (SSSR count). The topological polar surface area (TPSA) is 172 Å². The molecule has 11 unspecified atom stereocenters. The highest BCUT2D eigenvalue weighted by molar-refractivity contribution is 6.23. The van der Waals surface area contributed by atoms with Crippen molar-refractivity contribution in [2.45, 2.75) is 115 Å². The first kappa shape index (κ1) is 34.5. The minimum atomic E-state index is -2.41. The molecule has 1 saturated heterocycles. The summed E-state index contributed by atoms with van der Waals surface area (Å²) < 4.78 is 28.6. The summed E-state index contributed by atoms with van der Waals surface area (Å²) in [6, 6.07) is 0. The number of carbonyl (C=O) groups is 5. The maximum absolute atomic E-state index is 13.0. The summed E-state index contributed by atoms with van der Waals surface area (Å²) in [7, 11) is 0. The summed E-state index contributed by atoms with van der Waals surface area (Å²) in [6.07, 6.45) is -4.23. The van der Waals surface area contributed by atoms with Gasteiger partial charge in [0, 0.05) is 39.5 Å². The van der Waals surface area contributed by atoms with Gasteiger partial charge in [0.1, 0.15) is 30.0 Å². The van der Waals surface area contributed by atoms with Crippen molar-refractivity contribution < 1.29 is 57.9 Å². The molecule has 13 heteroatoms. The highest BCUT2D eigenvalue weighted by Gasteiger charge is 2.73. The zero-order valence-corrected chi connectivity index (χ0v) is 26.2. The summed E-state index contributed by atoms with van der Waals surface area (Å²) in [6.45, 7) is 13.3. The van der Waals surface area contributed by atoms with Crippen LogP contribution in [0.5, 0.6) is 0 Å². The lowest BCUT2D eigenvalue weighted by Crippen LogP contribution is -2.74. The number of ether oxygens (including phenoxy) is 5. The van der Waals surface area contributed by atoms with Crippen molar-refractivity contribution >= 4 is 41.4 Å². The molecule has 0 bridgehead atoms. The standard InChI is InChI=1S/C30H41ClO12/c1-9-10-22(35)42-21-13-20(40-17(5)33)28(7)19(39-16(4)32)12-11-14(2)23(31)25-30(38,15(3)27(36)43-25)26(41-18(6)34)24(28)29(21,8)37/h11-12,15,19-21,23-26,37-38H,2,9-10,13H2,1,3-8H3. The fourth-order valence-electron chi connectivity index (χ4n) is 6.79. The third-order valence-corrected chi connectivity index (χ3v) is 9.43. The number of allylic oxidation sites excluding steroid dienone is 1. The van der Waals surface area contributed by atoms with Crippen LogP contribution in [0.4, 0.5) is 0 Å². The van der Waals surface area contributed by atoms with E-state index in [-0.39, 0.29) is 18.4 Å². The molecule has 0 spiro atoms. The normalized spacial score (nSPS) is 40.8. The fourth-order valence-corrected chi connectivity index (χ4v) is 7.12. The number of aliphatic hydroxyl groups is 2. The van der Waals surface area contributed by atoms with Gasteiger partial charge in [-0.2, -0.15) is 0 Å². The van der Waals surface area contributed by atoms with E-state index in [0.29, 0.717) is 6.42 Å². The average Bonchev–Trinajstić information content (AvgIpc) is 3.11. The molecule has 1 aliphatic heterocycles. The number of alkyl halides is 1. The van der Waals surface area contributed by atoms with Gasteiger partial charge < -0.3 is 33.9 Å². The van der Waals surface area contributed by atoms with E-state index in [1.807, 2.05) is 0 Å². The second-order valence-electron chi connectivity index (χ2n) is 12.0. The van der Waals surface area contributed by atoms with Crippen LogP contribution in [0.2, 0.25) is 0 Å². The highest BCUT2D eigenvalue weighted by Crippen LogP contribution is 2.58. The van der Waals surface area contributed by atoms with Crippen molar-refractivity contribution in [1.82, 2.24) is 0 Å². The van der Waals surface area contributed by atoms with Crippen LogP contribution >= 0.6 is 11.6 Å². The first-order chi connectivity index (χ1) is 19.8. The molecular weight excluding hydrogens is 588 g/mol. The molecule has 12 nitrogen and oxygen atoms in total. The Balaban J connectivity index is 2.47. The minimum Gasteiger partial charge on any atom is -0.462 e. The SMILES string of the molecule is C=C1C=CC(OC(C)=O)C2(C)C(OC(C)=O)CC(OC(=O)CCC)C(C)(O)C2C(OC(C)=O)C2(O)C(C)C(=O)OC2C1Cl. The average molecular weight is 629 g/mol. The van der Waals surface area contributed by atoms with Gasteiger partial charge in [0.25, 0.3) is 0 Å². The van der Waals surface area contributed by atoms with Gasteiger partial charge in [-0.15, -0.1) is 11.6 Å². The van der Waals surface area contributed by atoms with Crippen molar-refractivity contribution in [3.63, 3.8) is 0 Å². The summed E-state index contributed by atoms with van der Waals surface area (Å²) in [5, 5.41) is 23.7. The summed E-state index contributed by atoms with van der Waals surface area (Å²) in [5.74, 6) is -6.81. The number of rotatable bonds is 6. The van der Waals surface area contributed by atoms with Crippen LogP contribution in [0.3, 0.4) is 0 Å². The Hall–Kier alpha value is -2.96. The molecule has 1 heterocycles. The molecule has 2 aliphatic carbocycles. The lowest BCUT2D eigenvalue weighted by atomic mass is 9.51. The van der Waals surface area contributed by atoms with Crippen molar-refractivity contribution in [3.8, 4) is 0 Å². The molecular formula is C30H41ClO12. The van der Waals surface area contributed by atoms with Crippen LogP contribution in [-0.4, -0.2) is 87.2 Å². The molecule has 240 valence electrons. The zero-order valence-electron chi connectivity index (χ0n) is 25.5. The lowest BCUT2D eigenvalue weighted by molar-refractivity contribution is -0.288. The van der Waals surface area contributed by atoms with Crippen molar-refractivity contribution in [2.24, 2.45) is 17.3 Å². The fraction of sp³-hybridized carbons (Fsp3) is 0.700. The molecule has 0 aromatic carbocycles. The Kier molecular flexibility index (Phi) is 10.1. The van der Waals surface area contributed by atoms with Gasteiger partial charge in [0.15, 0.2) is 11.7 Å². The maximum Gasteiger partial charge on any atom is 0.312 e. The Bertz CT molecular complexity index is 1200. The number of fused-ring (bicyclic) bond motifs is 2. The number of carbonyl (C=O) groups excluding carboxylic acids is 5. The van der Waals surface area contributed by atoms with E-state index in [1.165, 1.54) is 32.9 Å². The first-order valence-electron chi connectivity index (χ1n) is 14.2. The second kappa shape index (κ2) is 12.6. The third kappa shape index (κ3) is 6.19. The number of hydrogen-bond acceptors (Lipinski definition) is 12. The molecule has 1 saturated carbocycles. The highest BCUT2D eigenvalue weighted by atomic mass is 35.5. The van der Waals surface area contributed by atoms with E-state index >= 15 is 0 Å². The van der Waals surface area contributed by atoms with E-state index in [1.54, 1.807) is 6.92 Å². The Labute approximate surface area is 255 Å². The minimum absolute atomic E-state index is 0.0142. The van der Waals surface area contributed by atoms with E-state index in [4.69, 9.17) is 35.3 Å². The van der Waals surface area contributed by atoms with Crippen molar-refractivity contribution in [3.05, 3.63) is 24.3 Å². The molecule has 0 aromatic heterocycles. The van der Waals surface area contributed by atoms with Gasteiger partial charge in [-0.1, -0.05) is 26.5 Å². The van der Waals surface area contributed by atoms with Gasteiger partial charge in [-0.3, -0.25) is 24.0 Å². The summed E-state index contributed by atoms with van der Waals surface area (Å²) in [4.78, 5) is 63.4. The Morgan fingerprint density at radius 3 is 2.14 bits per heavy atom. The van der Waals surface area contributed by atoms with Crippen LogP contribution in [0, 0.1) is 17.3 Å². The zero-order chi connectivity index (χ0) is 32.7. The molecule has 2 N–H and O–H groups in total. The van der Waals surface area contributed by atoms with E-state index in [9.17, 15) is 34.2 Å². The lowest BCUT2D eigenvalue weighted by Gasteiger charge is -2.60. The van der Waals surface area contributed by atoms with Gasteiger partial charge in [-0.25, -0.2) is 0 Å². The summed E-state index contributed by atoms with van der Waals surface area (Å²) in [5.41, 5.74) is -6.11. The van der Waals surface area contributed by atoms with Gasteiger partial charge >= 0.3 is 29.8 Å². The van der Waals surface area contributed by atoms with Gasteiger partial charge in [0.2, 0.25) is 0 Å². The molecule has 2 fully saturated rings.